The maximum Gasteiger partial charge on any atom is 0.132 e. The van der Waals surface area contributed by atoms with Crippen LogP contribution < -0.4 is 4.90 Å². The summed E-state index contributed by atoms with van der Waals surface area (Å²) in [4.78, 5) is 10.8. The summed E-state index contributed by atoms with van der Waals surface area (Å²) in [6.07, 6.45) is 3.76. The third kappa shape index (κ3) is 3.78. The zero-order valence-electron chi connectivity index (χ0n) is 9.41. The summed E-state index contributed by atoms with van der Waals surface area (Å²) in [6, 6.07) is 2.08. The molecule has 0 aliphatic carbocycles. The lowest BCUT2D eigenvalue weighted by molar-refractivity contribution is 0.779. The van der Waals surface area contributed by atoms with Crippen molar-refractivity contribution < 1.29 is 0 Å². The highest BCUT2D eigenvalue weighted by Crippen LogP contribution is 2.11. The molecule has 0 fully saturated rings. The maximum atomic E-state index is 4.31. The van der Waals surface area contributed by atoms with Crippen LogP contribution in [0.4, 0.5) is 5.82 Å². The highest BCUT2D eigenvalue weighted by atomic mass is 79.9. The van der Waals surface area contributed by atoms with Crippen molar-refractivity contribution in [1.82, 2.24) is 9.97 Å². The van der Waals surface area contributed by atoms with Crippen molar-refractivity contribution in [2.45, 2.75) is 26.7 Å². The SMILES string of the molecule is CCc1cc(N(CC)CCCBr)ncn1. The van der Waals surface area contributed by atoms with Gasteiger partial charge in [-0.2, -0.15) is 0 Å². The molecule has 0 unspecified atom stereocenters. The molecular weight excluding hydrogens is 254 g/mol. The van der Waals surface area contributed by atoms with Crippen LogP contribution in [0, 0.1) is 0 Å². The molecule has 1 aromatic heterocycles. The van der Waals surface area contributed by atoms with Crippen molar-refractivity contribution in [2.24, 2.45) is 0 Å². The fraction of sp³-hybridized carbons (Fsp3) is 0.636. The van der Waals surface area contributed by atoms with E-state index in [9.17, 15) is 0 Å². The van der Waals surface area contributed by atoms with Gasteiger partial charge in [-0.25, -0.2) is 9.97 Å². The number of hydrogen-bond donors (Lipinski definition) is 0. The van der Waals surface area contributed by atoms with E-state index in [1.165, 1.54) is 0 Å². The first-order chi connectivity index (χ1) is 7.31. The molecule has 0 saturated heterocycles. The molecule has 0 atom stereocenters. The topological polar surface area (TPSA) is 29.0 Å². The minimum Gasteiger partial charge on any atom is -0.357 e. The Balaban J connectivity index is 2.72. The van der Waals surface area contributed by atoms with Gasteiger partial charge in [-0.15, -0.1) is 0 Å². The molecule has 0 aliphatic rings. The molecule has 1 heterocycles. The van der Waals surface area contributed by atoms with Crippen molar-refractivity contribution in [3.8, 4) is 0 Å². The van der Waals surface area contributed by atoms with Crippen molar-refractivity contribution >= 4 is 21.7 Å². The number of hydrogen-bond acceptors (Lipinski definition) is 3. The van der Waals surface area contributed by atoms with Crippen LogP contribution in [-0.2, 0) is 6.42 Å². The Morgan fingerprint density at radius 2 is 2.13 bits per heavy atom. The smallest absolute Gasteiger partial charge is 0.132 e. The standard InChI is InChI=1S/C11H18BrN3/c1-3-10-8-11(14-9-13-10)15(4-2)7-5-6-12/h8-9H,3-7H2,1-2H3. The predicted molar refractivity (Wildman–Crippen MR) is 67.7 cm³/mol. The van der Waals surface area contributed by atoms with Crippen LogP contribution >= 0.6 is 15.9 Å². The van der Waals surface area contributed by atoms with Crippen LogP contribution in [0.2, 0.25) is 0 Å². The van der Waals surface area contributed by atoms with E-state index in [1.807, 2.05) is 0 Å². The molecule has 0 amide bonds. The first-order valence-corrected chi connectivity index (χ1v) is 6.55. The van der Waals surface area contributed by atoms with Crippen molar-refractivity contribution in [2.75, 3.05) is 23.3 Å². The first-order valence-electron chi connectivity index (χ1n) is 5.43. The van der Waals surface area contributed by atoms with Crippen LogP contribution in [0.15, 0.2) is 12.4 Å². The molecule has 15 heavy (non-hydrogen) atoms. The Kier molecular flexibility index (Phi) is 5.61. The molecule has 0 saturated carbocycles. The molecule has 0 bridgehead atoms. The fourth-order valence-corrected chi connectivity index (χ4v) is 1.69. The first kappa shape index (κ1) is 12.4. The second-order valence-corrected chi connectivity index (χ2v) is 4.14. The number of anilines is 1. The van der Waals surface area contributed by atoms with Gasteiger partial charge in [0.15, 0.2) is 0 Å². The van der Waals surface area contributed by atoms with Crippen molar-refractivity contribution in [3.63, 3.8) is 0 Å². The van der Waals surface area contributed by atoms with Gasteiger partial charge in [-0.1, -0.05) is 22.9 Å². The number of aromatic nitrogens is 2. The fourth-order valence-electron chi connectivity index (χ4n) is 1.44. The van der Waals surface area contributed by atoms with Gasteiger partial charge in [0, 0.05) is 30.2 Å². The molecule has 0 radical (unpaired) electrons. The molecule has 0 spiro atoms. The van der Waals surface area contributed by atoms with E-state index in [0.717, 1.165) is 42.8 Å². The predicted octanol–water partition coefficient (Wildman–Crippen LogP) is 2.65. The van der Waals surface area contributed by atoms with E-state index < -0.39 is 0 Å². The highest BCUT2D eigenvalue weighted by molar-refractivity contribution is 9.09. The van der Waals surface area contributed by atoms with Gasteiger partial charge in [0.25, 0.3) is 0 Å². The zero-order valence-corrected chi connectivity index (χ0v) is 11.0. The summed E-state index contributed by atoms with van der Waals surface area (Å²) < 4.78 is 0. The van der Waals surface area contributed by atoms with E-state index in [-0.39, 0.29) is 0 Å². The molecule has 0 aliphatic heterocycles. The van der Waals surface area contributed by atoms with Crippen molar-refractivity contribution in [1.29, 1.82) is 0 Å². The second kappa shape index (κ2) is 6.77. The third-order valence-corrected chi connectivity index (χ3v) is 2.90. The Morgan fingerprint density at radius 1 is 1.33 bits per heavy atom. The van der Waals surface area contributed by atoms with Gasteiger partial charge in [-0.05, 0) is 19.8 Å². The normalized spacial score (nSPS) is 10.3. The Labute approximate surface area is 100 Å². The second-order valence-electron chi connectivity index (χ2n) is 3.34. The summed E-state index contributed by atoms with van der Waals surface area (Å²) >= 11 is 3.45. The lowest BCUT2D eigenvalue weighted by Gasteiger charge is -2.21. The molecule has 1 rings (SSSR count). The Bertz CT molecular complexity index is 291. The Hall–Kier alpha value is -0.640. The van der Waals surface area contributed by atoms with Crippen LogP contribution in [-0.4, -0.2) is 28.4 Å². The molecule has 1 aromatic rings. The van der Waals surface area contributed by atoms with E-state index >= 15 is 0 Å². The van der Waals surface area contributed by atoms with Gasteiger partial charge in [-0.3, -0.25) is 0 Å². The van der Waals surface area contributed by atoms with Gasteiger partial charge >= 0.3 is 0 Å². The van der Waals surface area contributed by atoms with E-state index in [4.69, 9.17) is 0 Å². The quantitative estimate of drug-likeness (QED) is 0.745. The minimum absolute atomic E-state index is 0.964. The largest absolute Gasteiger partial charge is 0.357 e. The average molecular weight is 272 g/mol. The summed E-state index contributed by atoms with van der Waals surface area (Å²) in [6.45, 7) is 6.30. The number of halogens is 1. The van der Waals surface area contributed by atoms with Gasteiger partial charge < -0.3 is 4.90 Å². The zero-order chi connectivity index (χ0) is 11.1. The molecule has 0 aromatic carbocycles. The van der Waals surface area contributed by atoms with Gasteiger partial charge in [0.1, 0.15) is 12.1 Å². The number of alkyl halides is 1. The number of rotatable bonds is 6. The lowest BCUT2D eigenvalue weighted by Crippen LogP contribution is -2.25. The molecule has 0 N–H and O–H groups in total. The van der Waals surface area contributed by atoms with Crippen LogP contribution in [0.25, 0.3) is 0 Å². The summed E-state index contributed by atoms with van der Waals surface area (Å²) in [7, 11) is 0. The lowest BCUT2D eigenvalue weighted by atomic mass is 10.3. The summed E-state index contributed by atoms with van der Waals surface area (Å²) in [5.41, 5.74) is 1.11. The van der Waals surface area contributed by atoms with E-state index in [0.29, 0.717) is 0 Å². The Morgan fingerprint density at radius 3 is 2.73 bits per heavy atom. The monoisotopic (exact) mass is 271 g/mol. The van der Waals surface area contributed by atoms with Crippen LogP contribution in [0.5, 0.6) is 0 Å². The minimum atomic E-state index is 0.964. The molecule has 84 valence electrons. The van der Waals surface area contributed by atoms with E-state index in [2.05, 4.69) is 50.7 Å². The third-order valence-electron chi connectivity index (χ3n) is 2.34. The van der Waals surface area contributed by atoms with Gasteiger partial charge in [0.05, 0.1) is 0 Å². The average Bonchev–Trinajstić information content (AvgIpc) is 2.30. The molecule has 3 nitrogen and oxygen atoms in total. The van der Waals surface area contributed by atoms with Crippen molar-refractivity contribution in [3.05, 3.63) is 18.1 Å². The van der Waals surface area contributed by atoms with Crippen LogP contribution in [0.1, 0.15) is 26.0 Å². The summed E-state index contributed by atoms with van der Waals surface area (Å²) in [5.74, 6) is 1.05. The van der Waals surface area contributed by atoms with Gasteiger partial charge in [0.2, 0.25) is 0 Å². The van der Waals surface area contributed by atoms with Crippen LogP contribution in [0.3, 0.4) is 0 Å². The summed E-state index contributed by atoms with van der Waals surface area (Å²) in [5, 5.41) is 1.04. The molecule has 4 heteroatoms. The number of aryl methyl sites for hydroxylation is 1. The maximum absolute atomic E-state index is 4.31. The number of nitrogens with zero attached hydrogens (tertiary/aromatic N) is 3. The van der Waals surface area contributed by atoms with E-state index in [1.54, 1.807) is 6.33 Å². The highest BCUT2D eigenvalue weighted by Gasteiger charge is 2.05. The molecular formula is C11H18BrN3.